The average Bonchev–Trinajstić information content (AvgIpc) is 2.72. The second-order valence-corrected chi connectivity index (χ2v) is 7.87. The molecule has 0 atom stereocenters. The quantitative estimate of drug-likeness (QED) is 0.351. The van der Waals surface area contributed by atoms with Crippen molar-refractivity contribution in [2.24, 2.45) is 4.40 Å². The van der Waals surface area contributed by atoms with Crippen LogP contribution in [-0.2, 0) is 10.0 Å². The Morgan fingerprint density at radius 1 is 0.786 bits per heavy atom. The Morgan fingerprint density at radius 2 is 1.29 bits per heavy atom. The summed E-state index contributed by atoms with van der Waals surface area (Å²) in [6.45, 7) is 5.73. The Labute approximate surface area is 164 Å². The third-order valence-electron chi connectivity index (χ3n) is 4.17. The van der Waals surface area contributed by atoms with Gasteiger partial charge in [0.15, 0.2) is 5.78 Å². The fourth-order valence-electron chi connectivity index (χ4n) is 2.63. The van der Waals surface area contributed by atoms with Crippen LogP contribution in [0.3, 0.4) is 0 Å². The number of allylic oxidation sites excluding steroid dienone is 1. The zero-order chi connectivity index (χ0) is 20.1. The van der Waals surface area contributed by atoms with Crippen LogP contribution < -0.4 is 0 Å². The predicted octanol–water partition coefficient (Wildman–Crippen LogP) is 4.61. The van der Waals surface area contributed by atoms with Crippen LogP contribution in [0.1, 0.15) is 21.5 Å². The summed E-state index contributed by atoms with van der Waals surface area (Å²) >= 11 is 0. The van der Waals surface area contributed by atoms with E-state index in [2.05, 4.69) is 11.0 Å². The number of sulfonamides is 1. The molecule has 0 aromatic heterocycles. The minimum atomic E-state index is -4.01. The molecule has 0 fully saturated rings. The van der Waals surface area contributed by atoms with E-state index in [-0.39, 0.29) is 22.0 Å². The van der Waals surface area contributed by atoms with Crippen molar-refractivity contribution >= 4 is 21.5 Å². The van der Waals surface area contributed by atoms with Crippen LogP contribution in [0.25, 0.3) is 0 Å². The zero-order valence-corrected chi connectivity index (χ0v) is 16.2. The number of aryl methyl sites for hydroxylation is 1. The van der Waals surface area contributed by atoms with Crippen LogP contribution in [0, 0.1) is 6.92 Å². The molecule has 0 spiro atoms. The van der Waals surface area contributed by atoms with Crippen molar-refractivity contribution in [2.45, 2.75) is 11.8 Å². The highest BCUT2D eigenvalue weighted by molar-refractivity contribution is 7.90. The second kappa shape index (κ2) is 8.15. The molecule has 0 unspecified atom stereocenters. The minimum absolute atomic E-state index is 0.0214. The zero-order valence-electron chi connectivity index (χ0n) is 15.4. The topological polar surface area (TPSA) is 63.6 Å². The van der Waals surface area contributed by atoms with Crippen LogP contribution in [0.15, 0.2) is 106 Å². The molecule has 28 heavy (non-hydrogen) atoms. The summed E-state index contributed by atoms with van der Waals surface area (Å²) in [5, 5.41) is 0. The lowest BCUT2D eigenvalue weighted by molar-refractivity contribution is 0.104. The monoisotopic (exact) mass is 389 g/mol. The largest absolute Gasteiger partial charge is 0.289 e. The maximum absolute atomic E-state index is 12.9. The molecule has 0 radical (unpaired) electrons. The van der Waals surface area contributed by atoms with Gasteiger partial charge in [0.05, 0.1) is 10.6 Å². The van der Waals surface area contributed by atoms with Crippen molar-refractivity contribution in [3.63, 3.8) is 0 Å². The summed E-state index contributed by atoms with van der Waals surface area (Å²) < 4.78 is 29.7. The molecule has 0 amide bonds. The summed E-state index contributed by atoms with van der Waals surface area (Å²) in [5.74, 6) is -0.373. The Hall–Kier alpha value is -3.31. The Bertz CT molecular complexity index is 1130. The Balaban J connectivity index is 2.10. The highest BCUT2D eigenvalue weighted by Crippen LogP contribution is 2.19. The molecule has 0 N–H and O–H groups in total. The lowest BCUT2D eigenvalue weighted by Gasteiger charge is -2.10. The number of carbonyl (C=O) groups is 1. The number of nitrogens with zero attached hydrogens (tertiary/aromatic N) is 1. The molecule has 4 nitrogen and oxygen atoms in total. The molecule has 0 saturated carbocycles. The van der Waals surface area contributed by atoms with Gasteiger partial charge in [0.1, 0.15) is 0 Å². The first kappa shape index (κ1) is 19.5. The van der Waals surface area contributed by atoms with E-state index in [9.17, 15) is 13.2 Å². The van der Waals surface area contributed by atoms with Gasteiger partial charge < -0.3 is 0 Å². The molecule has 3 aromatic rings. The second-order valence-electron chi connectivity index (χ2n) is 6.27. The number of hydrogen-bond donors (Lipinski definition) is 0. The molecule has 3 rings (SSSR count). The van der Waals surface area contributed by atoms with E-state index in [0.29, 0.717) is 11.1 Å². The molecule has 0 heterocycles. The van der Waals surface area contributed by atoms with E-state index in [1.165, 1.54) is 12.1 Å². The summed E-state index contributed by atoms with van der Waals surface area (Å²) in [4.78, 5) is 12.9. The smallest absolute Gasteiger partial charge is 0.282 e. The van der Waals surface area contributed by atoms with Gasteiger partial charge in [0, 0.05) is 16.7 Å². The van der Waals surface area contributed by atoms with Crippen molar-refractivity contribution < 1.29 is 13.2 Å². The van der Waals surface area contributed by atoms with Crippen LogP contribution in [0.5, 0.6) is 0 Å². The Morgan fingerprint density at radius 3 is 1.82 bits per heavy atom. The third-order valence-corrected chi connectivity index (χ3v) is 5.46. The van der Waals surface area contributed by atoms with Crippen LogP contribution in [0.2, 0.25) is 0 Å². The van der Waals surface area contributed by atoms with Crippen molar-refractivity contribution in [1.82, 2.24) is 0 Å². The van der Waals surface area contributed by atoms with Crippen molar-refractivity contribution in [3.05, 3.63) is 114 Å². The fourth-order valence-corrected chi connectivity index (χ4v) is 3.67. The van der Waals surface area contributed by atoms with E-state index in [4.69, 9.17) is 0 Å². The number of carbonyl (C=O) groups excluding carboxylic acids is 1. The standard InChI is InChI=1S/C23H19NO3S/c1-17-13-15-21(16-14-17)28(26,27)24-22(19-9-5-3-6-10-19)18(2)23(25)20-11-7-4-8-12-20/h3-16H,2H2,1H3/b24-22-. The van der Waals surface area contributed by atoms with Crippen molar-refractivity contribution in [2.75, 3.05) is 0 Å². The lowest BCUT2D eigenvalue weighted by atomic mass is 9.96. The van der Waals surface area contributed by atoms with Crippen LogP contribution >= 0.6 is 0 Å². The predicted molar refractivity (Wildman–Crippen MR) is 111 cm³/mol. The van der Waals surface area contributed by atoms with E-state index in [1.807, 2.05) is 6.92 Å². The SMILES string of the molecule is C=C(C(=O)c1ccccc1)/C(=N/S(=O)(=O)c1ccc(C)cc1)c1ccccc1. The van der Waals surface area contributed by atoms with Gasteiger partial charge in [-0.2, -0.15) is 12.8 Å². The summed E-state index contributed by atoms with van der Waals surface area (Å²) in [6.07, 6.45) is 0. The lowest BCUT2D eigenvalue weighted by Crippen LogP contribution is -2.16. The molecular formula is C23H19NO3S. The summed E-state index contributed by atoms with van der Waals surface area (Å²) in [6, 6.07) is 23.7. The van der Waals surface area contributed by atoms with Gasteiger partial charge in [-0.3, -0.25) is 4.79 Å². The maximum atomic E-state index is 12.9. The third kappa shape index (κ3) is 4.32. The van der Waals surface area contributed by atoms with Crippen LogP contribution in [-0.4, -0.2) is 19.9 Å². The van der Waals surface area contributed by atoms with E-state index >= 15 is 0 Å². The molecule has 0 aliphatic carbocycles. The first-order chi connectivity index (χ1) is 13.4. The molecule has 0 aliphatic heterocycles. The summed E-state index contributed by atoms with van der Waals surface area (Å²) in [7, 11) is -4.01. The van der Waals surface area contributed by atoms with Crippen LogP contribution in [0.4, 0.5) is 0 Å². The number of rotatable bonds is 6. The normalized spacial score (nSPS) is 11.8. The van der Waals surface area contributed by atoms with Gasteiger partial charge >= 0.3 is 0 Å². The highest BCUT2D eigenvalue weighted by atomic mass is 32.2. The molecule has 3 aromatic carbocycles. The van der Waals surface area contributed by atoms with Gasteiger partial charge in [-0.1, -0.05) is 84.9 Å². The molecular weight excluding hydrogens is 370 g/mol. The number of ketones is 1. The van der Waals surface area contributed by atoms with Crippen molar-refractivity contribution in [1.29, 1.82) is 0 Å². The average molecular weight is 389 g/mol. The van der Waals surface area contributed by atoms with E-state index < -0.39 is 10.0 Å². The molecule has 0 bridgehead atoms. The highest BCUT2D eigenvalue weighted by Gasteiger charge is 2.21. The minimum Gasteiger partial charge on any atom is -0.289 e. The summed E-state index contributed by atoms with van der Waals surface area (Å²) in [5.41, 5.74) is 1.93. The first-order valence-corrected chi connectivity index (χ1v) is 10.1. The van der Waals surface area contributed by atoms with Gasteiger partial charge in [-0.15, -0.1) is 0 Å². The molecule has 0 saturated heterocycles. The van der Waals surface area contributed by atoms with E-state index in [1.54, 1.807) is 72.8 Å². The maximum Gasteiger partial charge on any atom is 0.282 e. The van der Waals surface area contributed by atoms with Crippen molar-refractivity contribution in [3.8, 4) is 0 Å². The van der Waals surface area contributed by atoms with Gasteiger partial charge in [0.2, 0.25) is 0 Å². The van der Waals surface area contributed by atoms with Gasteiger partial charge in [0.25, 0.3) is 10.0 Å². The fraction of sp³-hybridized carbons (Fsp3) is 0.0435. The number of Topliss-reactive ketones (excluding diaryl/α,β-unsaturated/α-hetero) is 1. The molecule has 0 aliphatic rings. The Kier molecular flexibility index (Phi) is 5.66. The number of benzene rings is 3. The number of hydrogen-bond acceptors (Lipinski definition) is 3. The molecule has 140 valence electrons. The first-order valence-electron chi connectivity index (χ1n) is 8.64. The van der Waals surface area contributed by atoms with E-state index in [0.717, 1.165) is 5.56 Å². The van der Waals surface area contributed by atoms with Gasteiger partial charge in [-0.25, -0.2) is 0 Å². The van der Waals surface area contributed by atoms with Gasteiger partial charge in [-0.05, 0) is 19.1 Å². The molecule has 5 heteroatoms.